The van der Waals surface area contributed by atoms with Gasteiger partial charge in [-0.3, -0.25) is 9.59 Å². The fourth-order valence-electron chi connectivity index (χ4n) is 3.93. The summed E-state index contributed by atoms with van der Waals surface area (Å²) in [5.74, 6) is -0.855. The Morgan fingerprint density at radius 3 is 2.32 bits per heavy atom. The molecule has 1 unspecified atom stereocenters. The molecule has 0 radical (unpaired) electrons. The highest BCUT2D eigenvalue weighted by Gasteiger charge is 2.28. The zero-order valence-electron chi connectivity index (χ0n) is 19.2. The van der Waals surface area contributed by atoms with Crippen LogP contribution in [-0.4, -0.2) is 27.5 Å². The van der Waals surface area contributed by atoms with Crippen molar-refractivity contribution in [3.05, 3.63) is 94.5 Å². The lowest BCUT2D eigenvalue weighted by Crippen LogP contribution is -2.34. The van der Waals surface area contributed by atoms with Gasteiger partial charge in [-0.05, 0) is 42.5 Å². The maximum Gasteiger partial charge on any atom is 0.356 e. The molecule has 2 aromatic carbocycles. The van der Waals surface area contributed by atoms with E-state index in [1.54, 1.807) is 31.2 Å². The van der Waals surface area contributed by atoms with E-state index >= 15 is 0 Å². The lowest BCUT2D eigenvalue weighted by Gasteiger charge is -2.20. The van der Waals surface area contributed by atoms with E-state index in [-0.39, 0.29) is 17.7 Å². The number of carbonyl (C=O) groups excluding carboxylic acids is 2. The number of fused-ring (bicyclic) bond motifs is 1. The smallest absolute Gasteiger partial charge is 0.356 e. The van der Waals surface area contributed by atoms with E-state index in [1.165, 1.54) is 11.6 Å². The second kappa shape index (κ2) is 9.70. The summed E-state index contributed by atoms with van der Waals surface area (Å²) in [6.45, 7) is 3.57. The zero-order valence-corrected chi connectivity index (χ0v) is 19.2. The monoisotopic (exact) mass is 455 g/mol. The van der Waals surface area contributed by atoms with Crippen LogP contribution in [-0.2, 0) is 16.6 Å². The van der Waals surface area contributed by atoms with Crippen molar-refractivity contribution in [2.45, 2.75) is 26.4 Å². The average molecular weight is 456 g/mol. The standard InChI is InChI=1S/C27H25N3O4/c1-4-21(25(31)29-22-16-10-11-17(2)28-22)34-27(33)24-23(18-12-6-5-7-13-18)19-14-8-9-15-20(19)26(32)30(24)3/h5-16,21H,4H2,1-3H3,(H,28,29,31). The van der Waals surface area contributed by atoms with Gasteiger partial charge in [0.15, 0.2) is 6.10 Å². The molecule has 2 aromatic heterocycles. The Hall–Kier alpha value is -4.26. The SMILES string of the molecule is CCC(OC(=O)c1c(-c2ccccc2)c2ccccc2c(=O)n1C)C(=O)Nc1cccc(C)n1. The summed E-state index contributed by atoms with van der Waals surface area (Å²) in [5, 5.41) is 3.84. The molecule has 1 N–H and O–H groups in total. The van der Waals surface area contributed by atoms with Gasteiger partial charge >= 0.3 is 5.97 Å². The van der Waals surface area contributed by atoms with Crippen molar-refractivity contribution < 1.29 is 14.3 Å². The average Bonchev–Trinajstić information content (AvgIpc) is 2.85. The van der Waals surface area contributed by atoms with Gasteiger partial charge in [-0.15, -0.1) is 0 Å². The van der Waals surface area contributed by atoms with Crippen molar-refractivity contribution in [2.75, 3.05) is 5.32 Å². The lowest BCUT2D eigenvalue weighted by molar-refractivity contribution is -0.124. The lowest BCUT2D eigenvalue weighted by atomic mass is 9.97. The number of hydrogen-bond acceptors (Lipinski definition) is 5. The number of aryl methyl sites for hydroxylation is 1. The minimum Gasteiger partial charge on any atom is -0.448 e. The summed E-state index contributed by atoms with van der Waals surface area (Å²) in [4.78, 5) is 43.6. The topological polar surface area (TPSA) is 90.3 Å². The highest BCUT2D eigenvalue weighted by Crippen LogP contribution is 2.31. The third-order valence-electron chi connectivity index (χ3n) is 5.61. The van der Waals surface area contributed by atoms with Crippen LogP contribution < -0.4 is 10.9 Å². The number of pyridine rings is 2. The largest absolute Gasteiger partial charge is 0.448 e. The molecule has 0 spiro atoms. The molecule has 34 heavy (non-hydrogen) atoms. The van der Waals surface area contributed by atoms with Gasteiger partial charge in [-0.1, -0.05) is 61.5 Å². The molecular formula is C27H25N3O4. The van der Waals surface area contributed by atoms with Gasteiger partial charge in [0.1, 0.15) is 11.5 Å². The van der Waals surface area contributed by atoms with Crippen molar-refractivity contribution >= 4 is 28.5 Å². The summed E-state index contributed by atoms with van der Waals surface area (Å²) >= 11 is 0. The molecule has 4 rings (SSSR count). The van der Waals surface area contributed by atoms with Gasteiger partial charge < -0.3 is 14.6 Å². The van der Waals surface area contributed by atoms with Crippen molar-refractivity contribution in [1.82, 2.24) is 9.55 Å². The van der Waals surface area contributed by atoms with Crippen LogP contribution in [0, 0.1) is 6.92 Å². The Bertz CT molecular complexity index is 1430. The van der Waals surface area contributed by atoms with E-state index in [0.29, 0.717) is 22.2 Å². The molecule has 0 fully saturated rings. The molecule has 7 heteroatoms. The Balaban J connectivity index is 1.75. The van der Waals surface area contributed by atoms with Crippen molar-refractivity contribution in [1.29, 1.82) is 0 Å². The first-order valence-electron chi connectivity index (χ1n) is 11.0. The van der Waals surface area contributed by atoms with Gasteiger partial charge in [0.05, 0.1) is 0 Å². The molecule has 0 aliphatic carbocycles. The molecule has 0 aliphatic rings. The number of benzene rings is 2. The number of amides is 1. The van der Waals surface area contributed by atoms with Gasteiger partial charge in [0.2, 0.25) is 0 Å². The minimum absolute atomic E-state index is 0.0924. The first-order chi connectivity index (χ1) is 16.4. The van der Waals surface area contributed by atoms with Crippen LogP contribution in [0.5, 0.6) is 0 Å². The predicted molar refractivity (Wildman–Crippen MR) is 132 cm³/mol. The highest BCUT2D eigenvalue weighted by atomic mass is 16.5. The molecule has 7 nitrogen and oxygen atoms in total. The molecule has 2 heterocycles. The van der Waals surface area contributed by atoms with Crippen molar-refractivity contribution in [2.24, 2.45) is 7.05 Å². The molecule has 0 aliphatic heterocycles. The summed E-state index contributed by atoms with van der Waals surface area (Å²) < 4.78 is 6.95. The maximum atomic E-state index is 13.5. The van der Waals surface area contributed by atoms with Crippen molar-refractivity contribution in [3.63, 3.8) is 0 Å². The summed E-state index contributed by atoms with van der Waals surface area (Å²) in [6, 6.07) is 21.8. The van der Waals surface area contributed by atoms with Crippen LogP contribution in [0.4, 0.5) is 5.82 Å². The number of aromatic nitrogens is 2. The summed E-state index contributed by atoms with van der Waals surface area (Å²) in [7, 11) is 1.54. The van der Waals surface area contributed by atoms with Gasteiger partial charge in [0, 0.05) is 23.7 Å². The molecule has 0 saturated heterocycles. The third kappa shape index (κ3) is 4.45. The number of esters is 1. The molecule has 0 saturated carbocycles. The van der Waals surface area contributed by atoms with Gasteiger partial charge in [0.25, 0.3) is 11.5 Å². The normalized spacial score (nSPS) is 11.7. The zero-order chi connectivity index (χ0) is 24.2. The predicted octanol–water partition coefficient (Wildman–Crippen LogP) is 4.48. The Labute approximate surface area is 197 Å². The van der Waals surface area contributed by atoms with Gasteiger partial charge in [-0.2, -0.15) is 0 Å². The van der Waals surface area contributed by atoms with Crippen molar-refractivity contribution in [3.8, 4) is 11.1 Å². The number of ether oxygens (including phenoxy) is 1. The van der Waals surface area contributed by atoms with E-state index in [0.717, 1.165) is 11.3 Å². The van der Waals surface area contributed by atoms with E-state index in [9.17, 15) is 14.4 Å². The first kappa shape index (κ1) is 22.9. The van der Waals surface area contributed by atoms with E-state index in [2.05, 4.69) is 10.3 Å². The maximum absolute atomic E-state index is 13.5. The highest BCUT2D eigenvalue weighted by molar-refractivity contribution is 6.07. The number of hydrogen-bond donors (Lipinski definition) is 1. The quantitative estimate of drug-likeness (QED) is 0.433. The van der Waals surface area contributed by atoms with E-state index in [4.69, 9.17) is 4.74 Å². The third-order valence-corrected chi connectivity index (χ3v) is 5.61. The number of anilines is 1. The number of nitrogens with one attached hydrogen (secondary N) is 1. The van der Waals surface area contributed by atoms with E-state index in [1.807, 2.05) is 55.5 Å². The number of rotatable bonds is 6. The second-order valence-corrected chi connectivity index (χ2v) is 7.96. The second-order valence-electron chi connectivity index (χ2n) is 7.96. The molecule has 1 atom stereocenters. The van der Waals surface area contributed by atoms with Crippen LogP contribution in [0.3, 0.4) is 0 Å². The number of nitrogens with zero attached hydrogens (tertiary/aromatic N) is 2. The Kier molecular flexibility index (Phi) is 6.54. The first-order valence-corrected chi connectivity index (χ1v) is 11.0. The van der Waals surface area contributed by atoms with Crippen LogP contribution in [0.1, 0.15) is 29.5 Å². The Morgan fingerprint density at radius 2 is 1.65 bits per heavy atom. The minimum atomic E-state index is -1.06. The number of carbonyl (C=O) groups is 2. The molecule has 4 aromatic rings. The van der Waals surface area contributed by atoms with Crippen LogP contribution in [0.25, 0.3) is 21.9 Å². The van der Waals surface area contributed by atoms with E-state index < -0.39 is 18.0 Å². The molecular weight excluding hydrogens is 430 g/mol. The fourth-order valence-corrected chi connectivity index (χ4v) is 3.93. The van der Waals surface area contributed by atoms with Crippen LogP contribution in [0.15, 0.2) is 77.6 Å². The Morgan fingerprint density at radius 1 is 0.971 bits per heavy atom. The van der Waals surface area contributed by atoms with Crippen LogP contribution >= 0.6 is 0 Å². The summed E-state index contributed by atoms with van der Waals surface area (Å²) in [5.41, 5.74) is 1.88. The fraction of sp³-hybridized carbons (Fsp3) is 0.185. The molecule has 172 valence electrons. The molecule has 0 bridgehead atoms. The van der Waals surface area contributed by atoms with Crippen LogP contribution in [0.2, 0.25) is 0 Å². The molecule has 1 amide bonds. The van der Waals surface area contributed by atoms with Gasteiger partial charge in [-0.25, -0.2) is 9.78 Å². The summed E-state index contributed by atoms with van der Waals surface area (Å²) in [6.07, 6.45) is -0.800.